The van der Waals surface area contributed by atoms with Gasteiger partial charge in [-0.05, 0) is 26.9 Å². The van der Waals surface area contributed by atoms with Crippen molar-refractivity contribution in [2.24, 2.45) is 5.92 Å². The summed E-state index contributed by atoms with van der Waals surface area (Å²) in [6, 6.07) is 10.1. The van der Waals surface area contributed by atoms with Crippen LogP contribution in [0.15, 0.2) is 30.3 Å². The Morgan fingerprint density at radius 1 is 1.26 bits per heavy atom. The van der Waals surface area contributed by atoms with Gasteiger partial charge in [-0.15, -0.1) is 0 Å². The van der Waals surface area contributed by atoms with Crippen molar-refractivity contribution in [2.75, 3.05) is 27.2 Å². The highest BCUT2D eigenvalue weighted by molar-refractivity contribution is 5.99. The predicted molar refractivity (Wildman–Crippen MR) is 78.4 cm³/mol. The Kier molecular flexibility index (Phi) is 4.38. The number of Topliss-reactive ketones (excluding diaryl/α,β-unsaturated/α-hetero) is 1. The maximum Gasteiger partial charge on any atom is 0.179 e. The molecule has 19 heavy (non-hydrogen) atoms. The van der Waals surface area contributed by atoms with Crippen molar-refractivity contribution in [2.45, 2.75) is 25.9 Å². The zero-order valence-corrected chi connectivity index (χ0v) is 12.3. The average Bonchev–Trinajstić information content (AvgIpc) is 2.80. The summed E-state index contributed by atoms with van der Waals surface area (Å²) in [6.45, 7) is 6.28. The molecule has 104 valence electrons. The van der Waals surface area contributed by atoms with E-state index < -0.39 is 0 Å². The lowest BCUT2D eigenvalue weighted by Crippen LogP contribution is -2.40. The molecule has 0 bridgehead atoms. The van der Waals surface area contributed by atoms with Crippen molar-refractivity contribution in [1.82, 2.24) is 9.80 Å². The van der Waals surface area contributed by atoms with Crippen LogP contribution in [0, 0.1) is 5.92 Å². The summed E-state index contributed by atoms with van der Waals surface area (Å²) in [5, 5.41) is 0. The summed E-state index contributed by atoms with van der Waals surface area (Å²) in [5.74, 6) is 0.841. The van der Waals surface area contributed by atoms with Gasteiger partial charge in [0.2, 0.25) is 0 Å². The number of hydrogen-bond donors (Lipinski definition) is 0. The molecule has 1 aromatic rings. The number of carbonyl (C=O) groups is 1. The molecular formula is C16H24N2O. The molecule has 1 saturated heterocycles. The predicted octanol–water partition coefficient (Wildman–Crippen LogP) is 2.14. The first-order valence-corrected chi connectivity index (χ1v) is 7.00. The molecule has 1 aromatic carbocycles. The highest BCUT2D eigenvalue weighted by atomic mass is 16.1. The number of benzene rings is 1. The van der Waals surface area contributed by atoms with Crippen LogP contribution >= 0.6 is 0 Å². The third-order valence-corrected chi connectivity index (χ3v) is 4.25. The average molecular weight is 260 g/mol. The van der Waals surface area contributed by atoms with Gasteiger partial charge in [0.25, 0.3) is 0 Å². The number of hydrogen-bond acceptors (Lipinski definition) is 3. The molecule has 0 N–H and O–H groups in total. The third kappa shape index (κ3) is 3.04. The first-order chi connectivity index (χ1) is 9.00. The molecule has 3 unspecified atom stereocenters. The van der Waals surface area contributed by atoms with Gasteiger partial charge in [-0.1, -0.05) is 37.3 Å². The second-order valence-corrected chi connectivity index (χ2v) is 5.87. The van der Waals surface area contributed by atoms with E-state index in [-0.39, 0.29) is 11.8 Å². The Balaban J connectivity index is 2.05. The Hall–Kier alpha value is -1.19. The quantitative estimate of drug-likeness (QED) is 0.775. The van der Waals surface area contributed by atoms with E-state index in [1.807, 2.05) is 37.3 Å². The Morgan fingerprint density at radius 3 is 2.42 bits per heavy atom. The topological polar surface area (TPSA) is 23.6 Å². The molecule has 3 atom stereocenters. The first-order valence-electron chi connectivity index (χ1n) is 7.00. The number of carbonyl (C=O) groups excluding carboxylic acids is 1. The molecule has 0 aromatic heterocycles. The van der Waals surface area contributed by atoms with Crippen LogP contribution in [-0.4, -0.2) is 54.9 Å². The first kappa shape index (κ1) is 14.2. The lowest BCUT2D eigenvalue weighted by atomic mass is 10.0. The third-order valence-electron chi connectivity index (χ3n) is 4.25. The molecule has 2 rings (SSSR count). The highest BCUT2D eigenvalue weighted by Gasteiger charge is 2.35. The molecule has 0 amide bonds. The van der Waals surface area contributed by atoms with Crippen LogP contribution in [0.5, 0.6) is 0 Å². The van der Waals surface area contributed by atoms with Crippen LogP contribution in [0.2, 0.25) is 0 Å². The summed E-state index contributed by atoms with van der Waals surface area (Å²) in [6.07, 6.45) is 0. The molecule has 1 heterocycles. The molecular weight excluding hydrogens is 236 g/mol. The van der Waals surface area contributed by atoms with E-state index in [4.69, 9.17) is 0 Å². The minimum Gasteiger partial charge on any atom is -0.305 e. The SMILES string of the molecule is CC1CN(C(C)C(=O)c2ccccc2)CC1N(C)C. The van der Waals surface area contributed by atoms with Crippen LogP contribution in [0.4, 0.5) is 0 Å². The molecule has 0 saturated carbocycles. The largest absolute Gasteiger partial charge is 0.305 e. The van der Waals surface area contributed by atoms with Crippen LogP contribution < -0.4 is 0 Å². The Morgan fingerprint density at radius 2 is 1.89 bits per heavy atom. The van der Waals surface area contributed by atoms with Gasteiger partial charge in [0.15, 0.2) is 5.78 Å². The zero-order chi connectivity index (χ0) is 14.0. The van der Waals surface area contributed by atoms with Crippen LogP contribution in [0.1, 0.15) is 24.2 Å². The van der Waals surface area contributed by atoms with Crippen LogP contribution in [0.25, 0.3) is 0 Å². The Bertz CT molecular complexity index is 430. The van der Waals surface area contributed by atoms with Crippen molar-refractivity contribution in [3.63, 3.8) is 0 Å². The van der Waals surface area contributed by atoms with Crippen molar-refractivity contribution in [1.29, 1.82) is 0 Å². The lowest BCUT2D eigenvalue weighted by molar-refractivity contribution is 0.0858. The van der Waals surface area contributed by atoms with E-state index in [9.17, 15) is 4.79 Å². The van der Waals surface area contributed by atoms with Gasteiger partial charge in [-0.25, -0.2) is 0 Å². The molecule has 0 aliphatic carbocycles. The monoisotopic (exact) mass is 260 g/mol. The number of ketones is 1. The fourth-order valence-electron chi connectivity index (χ4n) is 2.98. The summed E-state index contributed by atoms with van der Waals surface area (Å²) in [5.41, 5.74) is 0.816. The molecule has 0 radical (unpaired) electrons. The van der Waals surface area contributed by atoms with E-state index >= 15 is 0 Å². The maximum absolute atomic E-state index is 12.5. The number of rotatable bonds is 4. The van der Waals surface area contributed by atoms with Gasteiger partial charge in [0.1, 0.15) is 0 Å². The van der Waals surface area contributed by atoms with Gasteiger partial charge in [0, 0.05) is 24.7 Å². The van der Waals surface area contributed by atoms with Gasteiger partial charge < -0.3 is 4.90 Å². The molecule has 0 spiro atoms. The standard InChI is InChI=1S/C16H24N2O/c1-12-10-18(11-15(12)17(3)4)13(2)16(19)14-8-6-5-7-9-14/h5-9,12-13,15H,10-11H2,1-4H3. The second-order valence-electron chi connectivity index (χ2n) is 5.87. The minimum atomic E-state index is -0.0326. The van der Waals surface area contributed by atoms with Crippen molar-refractivity contribution in [3.8, 4) is 0 Å². The highest BCUT2D eigenvalue weighted by Crippen LogP contribution is 2.23. The van der Waals surface area contributed by atoms with Gasteiger partial charge >= 0.3 is 0 Å². The van der Waals surface area contributed by atoms with Crippen LogP contribution in [0.3, 0.4) is 0 Å². The van der Waals surface area contributed by atoms with E-state index in [0.29, 0.717) is 12.0 Å². The summed E-state index contributed by atoms with van der Waals surface area (Å²) >= 11 is 0. The second kappa shape index (κ2) is 5.85. The van der Waals surface area contributed by atoms with E-state index in [2.05, 4.69) is 30.8 Å². The zero-order valence-electron chi connectivity index (χ0n) is 12.3. The molecule has 1 fully saturated rings. The molecule has 1 aliphatic heterocycles. The number of likely N-dealkylation sites (N-methyl/N-ethyl adjacent to an activating group) is 1. The van der Waals surface area contributed by atoms with Crippen LogP contribution in [-0.2, 0) is 0 Å². The summed E-state index contributed by atoms with van der Waals surface area (Å²) in [7, 11) is 4.24. The molecule has 3 heteroatoms. The summed E-state index contributed by atoms with van der Waals surface area (Å²) in [4.78, 5) is 17.0. The van der Waals surface area contributed by atoms with Gasteiger partial charge in [-0.3, -0.25) is 9.69 Å². The lowest BCUT2D eigenvalue weighted by Gasteiger charge is -2.25. The van der Waals surface area contributed by atoms with Crippen molar-refractivity contribution >= 4 is 5.78 Å². The van der Waals surface area contributed by atoms with E-state index in [1.165, 1.54) is 0 Å². The summed E-state index contributed by atoms with van der Waals surface area (Å²) < 4.78 is 0. The Labute approximate surface area is 116 Å². The van der Waals surface area contributed by atoms with Crippen molar-refractivity contribution in [3.05, 3.63) is 35.9 Å². The van der Waals surface area contributed by atoms with Gasteiger partial charge in [0.05, 0.1) is 6.04 Å². The molecule has 1 aliphatic rings. The number of nitrogens with zero attached hydrogens (tertiary/aromatic N) is 2. The van der Waals surface area contributed by atoms with Crippen molar-refractivity contribution < 1.29 is 4.79 Å². The van der Waals surface area contributed by atoms with Gasteiger partial charge in [-0.2, -0.15) is 0 Å². The molecule has 3 nitrogen and oxygen atoms in total. The fourth-order valence-corrected chi connectivity index (χ4v) is 2.98. The maximum atomic E-state index is 12.5. The fraction of sp³-hybridized carbons (Fsp3) is 0.562. The minimum absolute atomic E-state index is 0.0326. The number of likely N-dealkylation sites (tertiary alicyclic amines) is 1. The van der Waals surface area contributed by atoms with E-state index in [0.717, 1.165) is 18.7 Å². The smallest absolute Gasteiger partial charge is 0.179 e. The normalized spacial score (nSPS) is 25.7. The van der Waals surface area contributed by atoms with E-state index in [1.54, 1.807) is 0 Å².